The van der Waals surface area contributed by atoms with Gasteiger partial charge in [0, 0.05) is 29.5 Å². The molecule has 4 rings (SSSR count). The average Bonchev–Trinajstić information content (AvgIpc) is 3.35. The number of carbonyl (C=O) groups excluding carboxylic acids is 1. The zero-order chi connectivity index (χ0) is 23.4. The molecule has 33 heavy (non-hydrogen) atoms. The number of fused-ring (bicyclic) bond motifs is 2. The van der Waals surface area contributed by atoms with E-state index in [1.165, 1.54) is 41.5 Å². The predicted octanol–water partition coefficient (Wildman–Crippen LogP) is 4.37. The SMILES string of the molecule is CCCCCCCSc1ccc2c(c1)CCN2C(=O)c1c(NS(C)(=O)=O)nn2cccnc12. The highest BCUT2D eigenvalue weighted by atomic mass is 32.2. The van der Waals surface area contributed by atoms with Crippen LogP contribution in [0.4, 0.5) is 11.5 Å². The Morgan fingerprint density at radius 1 is 1.21 bits per heavy atom. The molecule has 2 aromatic heterocycles. The van der Waals surface area contributed by atoms with Crippen molar-refractivity contribution in [2.75, 3.05) is 28.2 Å². The highest BCUT2D eigenvalue weighted by Crippen LogP contribution is 2.34. The minimum Gasteiger partial charge on any atom is -0.308 e. The smallest absolute Gasteiger partial charge is 0.266 e. The van der Waals surface area contributed by atoms with Gasteiger partial charge in [-0.1, -0.05) is 32.6 Å². The van der Waals surface area contributed by atoms with Crippen molar-refractivity contribution in [2.24, 2.45) is 0 Å². The third-order valence-electron chi connectivity index (χ3n) is 5.60. The van der Waals surface area contributed by atoms with Crippen LogP contribution in [0, 0.1) is 0 Å². The highest BCUT2D eigenvalue weighted by Gasteiger charge is 2.31. The van der Waals surface area contributed by atoms with Crippen LogP contribution < -0.4 is 9.62 Å². The van der Waals surface area contributed by atoms with Crippen LogP contribution in [0.1, 0.15) is 54.9 Å². The van der Waals surface area contributed by atoms with Crippen LogP contribution in [0.25, 0.3) is 5.65 Å². The molecule has 0 saturated carbocycles. The molecular formula is C23H29N5O3S2. The monoisotopic (exact) mass is 487 g/mol. The summed E-state index contributed by atoms with van der Waals surface area (Å²) in [6, 6.07) is 7.89. The summed E-state index contributed by atoms with van der Waals surface area (Å²) in [6.45, 7) is 2.75. The minimum absolute atomic E-state index is 0.00935. The lowest BCUT2D eigenvalue weighted by Crippen LogP contribution is -2.30. The van der Waals surface area contributed by atoms with Gasteiger partial charge in [0.2, 0.25) is 10.0 Å². The normalized spacial score (nSPS) is 13.5. The van der Waals surface area contributed by atoms with E-state index < -0.39 is 10.0 Å². The van der Waals surface area contributed by atoms with Crippen molar-refractivity contribution >= 4 is 44.8 Å². The molecular weight excluding hydrogens is 458 g/mol. The molecule has 0 bridgehead atoms. The zero-order valence-corrected chi connectivity index (χ0v) is 20.6. The fraction of sp³-hybridized carbons (Fsp3) is 0.435. The lowest BCUT2D eigenvalue weighted by atomic mass is 10.2. The van der Waals surface area contributed by atoms with Gasteiger partial charge in [-0.15, -0.1) is 16.9 Å². The molecule has 1 aliphatic rings. The average molecular weight is 488 g/mol. The van der Waals surface area contributed by atoms with Crippen molar-refractivity contribution in [3.05, 3.63) is 47.8 Å². The molecule has 1 aliphatic heterocycles. The summed E-state index contributed by atoms with van der Waals surface area (Å²) < 4.78 is 27.5. The Hall–Kier alpha value is -2.59. The van der Waals surface area contributed by atoms with Crippen molar-refractivity contribution in [1.82, 2.24) is 14.6 Å². The molecule has 0 spiro atoms. The van der Waals surface area contributed by atoms with E-state index in [9.17, 15) is 13.2 Å². The first-order valence-corrected chi connectivity index (χ1v) is 14.1. The molecule has 176 valence electrons. The third kappa shape index (κ3) is 5.50. The number of sulfonamides is 1. The van der Waals surface area contributed by atoms with E-state index in [-0.39, 0.29) is 17.3 Å². The fourth-order valence-electron chi connectivity index (χ4n) is 4.04. The number of carbonyl (C=O) groups is 1. The minimum atomic E-state index is -3.61. The number of nitrogens with one attached hydrogen (secondary N) is 1. The molecule has 10 heteroatoms. The van der Waals surface area contributed by atoms with Gasteiger partial charge in [0.05, 0.1) is 6.26 Å². The van der Waals surface area contributed by atoms with Crippen LogP contribution in [0.2, 0.25) is 0 Å². The summed E-state index contributed by atoms with van der Waals surface area (Å²) in [5.41, 5.74) is 2.45. The van der Waals surface area contributed by atoms with Crippen molar-refractivity contribution in [2.45, 2.75) is 50.3 Å². The predicted molar refractivity (Wildman–Crippen MR) is 133 cm³/mol. The Morgan fingerprint density at radius 2 is 2.03 bits per heavy atom. The molecule has 3 aromatic rings. The van der Waals surface area contributed by atoms with Gasteiger partial charge in [-0.25, -0.2) is 17.9 Å². The van der Waals surface area contributed by atoms with Gasteiger partial charge in [0.15, 0.2) is 11.5 Å². The number of anilines is 2. The Labute approximate surface area is 198 Å². The number of hydrogen-bond acceptors (Lipinski definition) is 6. The largest absolute Gasteiger partial charge is 0.308 e. The Bertz CT molecular complexity index is 1260. The van der Waals surface area contributed by atoms with Crippen LogP contribution in [-0.2, 0) is 16.4 Å². The molecule has 1 N–H and O–H groups in total. The first-order valence-electron chi connectivity index (χ1n) is 11.3. The number of rotatable bonds is 10. The van der Waals surface area contributed by atoms with Crippen LogP contribution in [-0.4, -0.2) is 47.5 Å². The maximum Gasteiger partial charge on any atom is 0.266 e. The van der Waals surface area contributed by atoms with Crippen molar-refractivity contribution in [3.8, 4) is 0 Å². The number of aromatic nitrogens is 3. The number of hydrogen-bond donors (Lipinski definition) is 1. The summed E-state index contributed by atoms with van der Waals surface area (Å²) >= 11 is 1.86. The number of benzene rings is 1. The number of nitrogens with zero attached hydrogens (tertiary/aromatic N) is 4. The second kappa shape index (κ2) is 10.1. The van der Waals surface area contributed by atoms with Gasteiger partial charge >= 0.3 is 0 Å². The van der Waals surface area contributed by atoms with Gasteiger partial charge in [0.25, 0.3) is 5.91 Å². The maximum absolute atomic E-state index is 13.6. The van der Waals surface area contributed by atoms with E-state index in [1.807, 2.05) is 17.8 Å². The molecule has 1 amide bonds. The van der Waals surface area contributed by atoms with Crippen LogP contribution in [0.15, 0.2) is 41.6 Å². The molecule has 3 heterocycles. The lowest BCUT2D eigenvalue weighted by Gasteiger charge is -2.17. The third-order valence-corrected chi connectivity index (χ3v) is 7.24. The summed E-state index contributed by atoms with van der Waals surface area (Å²) in [6.07, 6.45) is 11.3. The molecule has 0 fully saturated rings. The molecule has 0 saturated heterocycles. The zero-order valence-electron chi connectivity index (χ0n) is 19.0. The van der Waals surface area contributed by atoms with Gasteiger partial charge in [-0.05, 0) is 48.4 Å². The van der Waals surface area contributed by atoms with E-state index >= 15 is 0 Å². The number of amides is 1. The lowest BCUT2D eigenvalue weighted by molar-refractivity contribution is 0.0991. The van der Waals surface area contributed by atoms with Gasteiger partial charge in [0.1, 0.15) is 5.56 Å². The molecule has 0 unspecified atom stereocenters. The Kier molecular flexibility index (Phi) is 7.23. The van der Waals surface area contributed by atoms with Crippen LogP contribution in [0.3, 0.4) is 0 Å². The topological polar surface area (TPSA) is 96.7 Å². The molecule has 0 atom stereocenters. The molecule has 1 aromatic carbocycles. The van der Waals surface area contributed by atoms with Crippen molar-refractivity contribution < 1.29 is 13.2 Å². The van der Waals surface area contributed by atoms with Crippen LogP contribution >= 0.6 is 11.8 Å². The molecule has 0 aliphatic carbocycles. The van der Waals surface area contributed by atoms with Crippen LogP contribution in [0.5, 0.6) is 0 Å². The summed E-state index contributed by atoms with van der Waals surface area (Å²) in [4.78, 5) is 20.7. The highest BCUT2D eigenvalue weighted by molar-refractivity contribution is 7.99. The maximum atomic E-state index is 13.6. The van der Waals surface area contributed by atoms with Crippen molar-refractivity contribution in [3.63, 3.8) is 0 Å². The summed E-state index contributed by atoms with van der Waals surface area (Å²) in [5, 5.41) is 4.23. The summed E-state index contributed by atoms with van der Waals surface area (Å²) in [5.74, 6) is 0.773. The standard InChI is InChI=1S/C23H29N5O3S2/c1-3-4-5-6-7-15-32-18-9-10-19-17(16-18)11-14-27(19)23(29)20-21(26-33(2,30)31)25-28-13-8-12-24-22(20)28/h8-10,12-13,16H,3-7,11,14-15H2,1-2H3,(H,25,26). The first-order chi connectivity index (χ1) is 15.9. The fourth-order valence-corrected chi connectivity index (χ4v) is 5.51. The van der Waals surface area contributed by atoms with Gasteiger partial charge in [-0.2, -0.15) is 0 Å². The van der Waals surface area contributed by atoms with E-state index in [1.54, 1.807) is 23.4 Å². The van der Waals surface area contributed by atoms with Gasteiger partial charge in [-0.3, -0.25) is 9.52 Å². The van der Waals surface area contributed by atoms with Crippen molar-refractivity contribution in [1.29, 1.82) is 0 Å². The number of unbranched alkanes of at least 4 members (excludes halogenated alkanes) is 4. The quantitative estimate of drug-likeness (QED) is 0.337. The second-order valence-corrected chi connectivity index (χ2v) is 11.2. The van der Waals surface area contributed by atoms with Gasteiger partial charge < -0.3 is 4.90 Å². The second-order valence-electron chi connectivity index (χ2n) is 8.25. The van der Waals surface area contributed by atoms with E-state index in [4.69, 9.17) is 0 Å². The summed E-state index contributed by atoms with van der Waals surface area (Å²) in [7, 11) is -3.61. The molecule has 0 radical (unpaired) electrons. The number of thioether (sulfide) groups is 1. The van der Waals surface area contributed by atoms with E-state index in [2.05, 4.69) is 33.9 Å². The van der Waals surface area contributed by atoms with E-state index in [0.717, 1.165) is 29.7 Å². The molecule has 8 nitrogen and oxygen atoms in total. The Balaban J connectivity index is 1.53. The van der Waals surface area contributed by atoms with E-state index in [0.29, 0.717) is 12.2 Å². The first kappa shape index (κ1) is 23.6. The Morgan fingerprint density at radius 3 is 2.82 bits per heavy atom.